The smallest absolute Gasteiger partial charge is 0.257 e. The molecule has 5 heteroatoms. The van der Waals surface area contributed by atoms with Crippen LogP contribution in [0.25, 0.3) is 0 Å². The lowest BCUT2D eigenvalue weighted by atomic mass is 10.3. The molecule has 2 rings (SSSR count). The van der Waals surface area contributed by atoms with Gasteiger partial charge in [-0.3, -0.25) is 9.78 Å². The number of aromatic nitrogens is 1. The molecule has 1 aliphatic rings. The van der Waals surface area contributed by atoms with Gasteiger partial charge in [-0.2, -0.15) is 0 Å². The molecule has 0 saturated heterocycles. The SMILES string of the molecule is CCCNCc1ccc(OCC(=O)NCC2CC2)cn1. The van der Waals surface area contributed by atoms with E-state index in [0.29, 0.717) is 11.7 Å². The van der Waals surface area contributed by atoms with Gasteiger partial charge >= 0.3 is 0 Å². The Kier molecular flexibility index (Phi) is 5.80. The lowest BCUT2D eigenvalue weighted by molar-refractivity contribution is -0.123. The molecule has 0 atom stereocenters. The maximum Gasteiger partial charge on any atom is 0.257 e. The summed E-state index contributed by atoms with van der Waals surface area (Å²) in [6.07, 6.45) is 5.24. The van der Waals surface area contributed by atoms with Crippen molar-refractivity contribution in [3.8, 4) is 5.75 Å². The van der Waals surface area contributed by atoms with Crippen LogP contribution in [0.3, 0.4) is 0 Å². The number of pyridine rings is 1. The Labute approximate surface area is 120 Å². The first kappa shape index (κ1) is 14.8. The molecule has 1 aromatic heterocycles. The molecule has 1 heterocycles. The minimum absolute atomic E-state index is 0.0574. The summed E-state index contributed by atoms with van der Waals surface area (Å²) in [7, 11) is 0. The third-order valence-corrected chi connectivity index (χ3v) is 3.19. The third-order valence-electron chi connectivity index (χ3n) is 3.19. The van der Waals surface area contributed by atoms with Crippen molar-refractivity contribution in [2.45, 2.75) is 32.7 Å². The Hall–Kier alpha value is -1.62. The minimum atomic E-state index is -0.0643. The van der Waals surface area contributed by atoms with Gasteiger partial charge in [-0.05, 0) is 43.9 Å². The number of nitrogens with zero attached hydrogens (tertiary/aromatic N) is 1. The van der Waals surface area contributed by atoms with Crippen LogP contribution in [-0.2, 0) is 11.3 Å². The second-order valence-electron chi connectivity index (χ2n) is 5.20. The van der Waals surface area contributed by atoms with Gasteiger partial charge in [-0.25, -0.2) is 0 Å². The van der Waals surface area contributed by atoms with Crippen LogP contribution < -0.4 is 15.4 Å². The summed E-state index contributed by atoms with van der Waals surface area (Å²) in [4.78, 5) is 15.8. The Morgan fingerprint density at radius 3 is 2.95 bits per heavy atom. The fourth-order valence-corrected chi connectivity index (χ4v) is 1.77. The van der Waals surface area contributed by atoms with E-state index in [1.165, 1.54) is 12.8 Å². The summed E-state index contributed by atoms with van der Waals surface area (Å²) in [6, 6.07) is 3.77. The molecule has 1 saturated carbocycles. The number of carbonyl (C=O) groups is 1. The molecule has 2 N–H and O–H groups in total. The van der Waals surface area contributed by atoms with Gasteiger partial charge < -0.3 is 15.4 Å². The van der Waals surface area contributed by atoms with E-state index < -0.39 is 0 Å². The lowest BCUT2D eigenvalue weighted by Crippen LogP contribution is -2.30. The van der Waals surface area contributed by atoms with Crippen LogP contribution in [0.1, 0.15) is 31.9 Å². The molecular formula is C15H23N3O2. The summed E-state index contributed by atoms with van der Waals surface area (Å²) in [5, 5.41) is 6.15. The van der Waals surface area contributed by atoms with Crippen molar-refractivity contribution in [2.75, 3.05) is 19.7 Å². The van der Waals surface area contributed by atoms with Gasteiger partial charge in [0.15, 0.2) is 6.61 Å². The highest BCUT2D eigenvalue weighted by atomic mass is 16.5. The van der Waals surface area contributed by atoms with E-state index in [2.05, 4.69) is 22.5 Å². The van der Waals surface area contributed by atoms with Crippen molar-refractivity contribution in [3.63, 3.8) is 0 Å². The van der Waals surface area contributed by atoms with Gasteiger partial charge in [-0.15, -0.1) is 0 Å². The van der Waals surface area contributed by atoms with Gasteiger partial charge in [0.1, 0.15) is 5.75 Å². The van der Waals surface area contributed by atoms with E-state index in [9.17, 15) is 4.79 Å². The predicted molar refractivity (Wildman–Crippen MR) is 77.5 cm³/mol. The van der Waals surface area contributed by atoms with Crippen molar-refractivity contribution in [1.29, 1.82) is 0 Å². The molecule has 0 spiro atoms. The predicted octanol–water partition coefficient (Wildman–Crippen LogP) is 1.49. The van der Waals surface area contributed by atoms with E-state index in [1.54, 1.807) is 6.20 Å². The Bertz CT molecular complexity index is 416. The zero-order valence-corrected chi connectivity index (χ0v) is 12.0. The van der Waals surface area contributed by atoms with Crippen LogP contribution in [0.15, 0.2) is 18.3 Å². The molecule has 0 radical (unpaired) electrons. The molecule has 0 unspecified atom stereocenters. The molecule has 0 aromatic carbocycles. The summed E-state index contributed by atoms with van der Waals surface area (Å²) in [5.74, 6) is 1.26. The second kappa shape index (κ2) is 7.85. The van der Waals surface area contributed by atoms with Gasteiger partial charge in [0.2, 0.25) is 0 Å². The topological polar surface area (TPSA) is 63.2 Å². The zero-order chi connectivity index (χ0) is 14.2. The highest BCUT2D eigenvalue weighted by molar-refractivity contribution is 5.77. The molecular weight excluding hydrogens is 254 g/mol. The molecule has 5 nitrogen and oxygen atoms in total. The number of nitrogens with one attached hydrogen (secondary N) is 2. The Morgan fingerprint density at radius 1 is 1.45 bits per heavy atom. The van der Waals surface area contributed by atoms with Crippen LogP contribution in [0.2, 0.25) is 0 Å². The number of hydrogen-bond donors (Lipinski definition) is 2. The normalized spacial score (nSPS) is 14.1. The van der Waals surface area contributed by atoms with E-state index in [-0.39, 0.29) is 12.5 Å². The quantitative estimate of drug-likeness (QED) is 0.671. The summed E-state index contributed by atoms with van der Waals surface area (Å²) < 4.78 is 5.41. The summed E-state index contributed by atoms with van der Waals surface area (Å²) in [5.41, 5.74) is 0.976. The first-order valence-corrected chi connectivity index (χ1v) is 7.33. The number of rotatable bonds is 9. The van der Waals surface area contributed by atoms with Gasteiger partial charge in [0, 0.05) is 13.1 Å². The first-order valence-electron chi connectivity index (χ1n) is 7.33. The van der Waals surface area contributed by atoms with Crippen molar-refractivity contribution in [1.82, 2.24) is 15.6 Å². The second-order valence-corrected chi connectivity index (χ2v) is 5.20. The lowest BCUT2D eigenvalue weighted by Gasteiger charge is -2.07. The van der Waals surface area contributed by atoms with Gasteiger partial charge in [0.05, 0.1) is 11.9 Å². The molecule has 0 aliphatic heterocycles. The largest absolute Gasteiger partial charge is 0.482 e. The van der Waals surface area contributed by atoms with E-state index in [0.717, 1.165) is 31.7 Å². The summed E-state index contributed by atoms with van der Waals surface area (Å²) in [6.45, 7) is 4.72. The minimum Gasteiger partial charge on any atom is -0.482 e. The number of carbonyl (C=O) groups excluding carboxylic acids is 1. The van der Waals surface area contributed by atoms with E-state index in [4.69, 9.17) is 4.74 Å². The van der Waals surface area contributed by atoms with E-state index >= 15 is 0 Å². The van der Waals surface area contributed by atoms with Gasteiger partial charge in [-0.1, -0.05) is 6.92 Å². The summed E-state index contributed by atoms with van der Waals surface area (Å²) >= 11 is 0. The molecule has 110 valence electrons. The van der Waals surface area contributed by atoms with Crippen LogP contribution in [0.5, 0.6) is 5.75 Å². The Morgan fingerprint density at radius 2 is 2.30 bits per heavy atom. The van der Waals surface area contributed by atoms with Crippen LogP contribution in [-0.4, -0.2) is 30.6 Å². The number of amides is 1. The zero-order valence-electron chi connectivity index (χ0n) is 12.0. The molecule has 0 bridgehead atoms. The molecule has 1 aliphatic carbocycles. The van der Waals surface area contributed by atoms with Crippen molar-refractivity contribution in [2.24, 2.45) is 5.92 Å². The number of ether oxygens (including phenoxy) is 1. The highest BCUT2D eigenvalue weighted by Crippen LogP contribution is 2.27. The molecule has 1 fully saturated rings. The maximum absolute atomic E-state index is 11.5. The van der Waals surface area contributed by atoms with Gasteiger partial charge in [0.25, 0.3) is 5.91 Å². The van der Waals surface area contributed by atoms with Crippen molar-refractivity contribution < 1.29 is 9.53 Å². The van der Waals surface area contributed by atoms with Crippen molar-refractivity contribution >= 4 is 5.91 Å². The van der Waals surface area contributed by atoms with Crippen LogP contribution in [0, 0.1) is 5.92 Å². The molecule has 1 aromatic rings. The highest BCUT2D eigenvalue weighted by Gasteiger charge is 2.21. The van der Waals surface area contributed by atoms with Crippen LogP contribution in [0.4, 0.5) is 0 Å². The number of hydrogen-bond acceptors (Lipinski definition) is 4. The monoisotopic (exact) mass is 277 g/mol. The van der Waals surface area contributed by atoms with Crippen molar-refractivity contribution in [3.05, 3.63) is 24.0 Å². The van der Waals surface area contributed by atoms with E-state index in [1.807, 2.05) is 12.1 Å². The molecule has 1 amide bonds. The fraction of sp³-hybridized carbons (Fsp3) is 0.600. The third kappa shape index (κ3) is 5.57. The molecule has 20 heavy (non-hydrogen) atoms. The standard InChI is InChI=1S/C15H23N3O2/c1-2-7-16-9-13-5-6-14(10-17-13)20-11-15(19)18-8-12-3-4-12/h5-6,10,12,16H,2-4,7-9,11H2,1H3,(H,18,19). The average molecular weight is 277 g/mol. The Balaban J connectivity index is 1.65. The van der Waals surface area contributed by atoms with Crippen LogP contribution >= 0.6 is 0 Å². The fourth-order valence-electron chi connectivity index (χ4n) is 1.77. The average Bonchev–Trinajstić information content (AvgIpc) is 3.29. The maximum atomic E-state index is 11.5. The first-order chi connectivity index (χ1) is 9.78.